The number of hydrogen-bond donors (Lipinski definition) is 1. The van der Waals surface area contributed by atoms with Crippen molar-refractivity contribution in [1.82, 2.24) is 9.78 Å². The second-order valence-electron chi connectivity index (χ2n) is 7.63. The van der Waals surface area contributed by atoms with E-state index in [4.69, 9.17) is 14.2 Å². The number of rotatable bonds is 9. The van der Waals surface area contributed by atoms with E-state index in [1.165, 1.54) is 7.11 Å². The summed E-state index contributed by atoms with van der Waals surface area (Å²) in [4.78, 5) is 25.4. The van der Waals surface area contributed by atoms with E-state index in [-0.39, 0.29) is 5.56 Å². The predicted molar refractivity (Wildman–Crippen MR) is 132 cm³/mol. The van der Waals surface area contributed by atoms with Crippen LogP contribution in [0.2, 0.25) is 0 Å². The molecule has 1 aromatic heterocycles. The van der Waals surface area contributed by atoms with Gasteiger partial charge in [0.1, 0.15) is 22.8 Å². The standard InChI is InChI=1S/C27H25N3O5/c1-33-21-12-8-11-20(15-21)26-22(17-30(29-26)16-19-9-4-3-5-10-19)27(32)35-18-25(31)28-23-13-6-7-14-24(23)34-2/h3-15,17H,16,18H2,1-2H3,(H,28,31). The van der Waals surface area contributed by atoms with E-state index < -0.39 is 18.5 Å². The number of ether oxygens (including phenoxy) is 3. The lowest BCUT2D eigenvalue weighted by Crippen LogP contribution is -2.21. The molecule has 35 heavy (non-hydrogen) atoms. The first kappa shape index (κ1) is 23.6. The van der Waals surface area contributed by atoms with Crippen molar-refractivity contribution in [3.8, 4) is 22.8 Å². The quantitative estimate of drug-likeness (QED) is 0.364. The maximum absolute atomic E-state index is 13.0. The highest BCUT2D eigenvalue weighted by Gasteiger charge is 2.21. The van der Waals surface area contributed by atoms with Gasteiger partial charge in [0.25, 0.3) is 5.91 Å². The number of aromatic nitrogens is 2. The zero-order valence-corrected chi connectivity index (χ0v) is 19.4. The highest BCUT2D eigenvalue weighted by atomic mass is 16.5. The number of para-hydroxylation sites is 2. The van der Waals surface area contributed by atoms with Crippen molar-refractivity contribution in [1.29, 1.82) is 0 Å². The summed E-state index contributed by atoms with van der Waals surface area (Å²) in [7, 11) is 3.08. The highest BCUT2D eigenvalue weighted by molar-refractivity contribution is 5.99. The Morgan fingerprint density at radius 2 is 1.69 bits per heavy atom. The number of methoxy groups -OCH3 is 2. The monoisotopic (exact) mass is 471 g/mol. The first-order valence-electron chi connectivity index (χ1n) is 10.9. The van der Waals surface area contributed by atoms with Crippen LogP contribution in [0.4, 0.5) is 5.69 Å². The van der Waals surface area contributed by atoms with Crippen LogP contribution < -0.4 is 14.8 Å². The molecule has 1 N–H and O–H groups in total. The molecule has 0 radical (unpaired) electrons. The lowest BCUT2D eigenvalue weighted by Gasteiger charge is -2.10. The molecule has 3 aromatic carbocycles. The Labute approximate surface area is 203 Å². The van der Waals surface area contributed by atoms with E-state index in [1.807, 2.05) is 48.5 Å². The SMILES string of the molecule is COc1cccc(-c2nn(Cc3ccccc3)cc2C(=O)OCC(=O)Nc2ccccc2OC)c1. The molecule has 8 nitrogen and oxygen atoms in total. The molecule has 0 saturated heterocycles. The fourth-order valence-corrected chi connectivity index (χ4v) is 3.55. The van der Waals surface area contributed by atoms with Crippen molar-refractivity contribution in [3.05, 3.63) is 96.2 Å². The molecule has 0 atom stereocenters. The Balaban J connectivity index is 1.54. The zero-order valence-electron chi connectivity index (χ0n) is 19.4. The Morgan fingerprint density at radius 3 is 2.46 bits per heavy atom. The number of anilines is 1. The topological polar surface area (TPSA) is 91.7 Å². The molecular weight excluding hydrogens is 446 g/mol. The van der Waals surface area contributed by atoms with E-state index >= 15 is 0 Å². The number of nitrogens with one attached hydrogen (secondary N) is 1. The van der Waals surface area contributed by atoms with Gasteiger partial charge in [-0.25, -0.2) is 4.79 Å². The summed E-state index contributed by atoms with van der Waals surface area (Å²) >= 11 is 0. The molecule has 0 aliphatic carbocycles. The summed E-state index contributed by atoms with van der Waals surface area (Å²) in [5, 5.41) is 7.32. The van der Waals surface area contributed by atoms with Gasteiger partial charge in [-0.05, 0) is 29.8 Å². The average molecular weight is 472 g/mol. The summed E-state index contributed by atoms with van der Waals surface area (Å²) in [6, 6.07) is 24.0. The van der Waals surface area contributed by atoms with Gasteiger partial charge in [-0.2, -0.15) is 5.10 Å². The van der Waals surface area contributed by atoms with Crippen LogP contribution in [0, 0.1) is 0 Å². The van der Waals surface area contributed by atoms with Crippen molar-refractivity contribution >= 4 is 17.6 Å². The van der Waals surface area contributed by atoms with Gasteiger partial charge >= 0.3 is 5.97 Å². The van der Waals surface area contributed by atoms with E-state index in [2.05, 4.69) is 10.4 Å². The third-order valence-electron chi connectivity index (χ3n) is 5.23. The second kappa shape index (κ2) is 11.0. The molecule has 0 fully saturated rings. The fourth-order valence-electron chi connectivity index (χ4n) is 3.55. The lowest BCUT2D eigenvalue weighted by atomic mass is 10.1. The molecule has 178 valence electrons. The molecule has 0 saturated carbocycles. The lowest BCUT2D eigenvalue weighted by molar-refractivity contribution is -0.119. The van der Waals surface area contributed by atoms with Crippen LogP contribution in [0.25, 0.3) is 11.3 Å². The number of amides is 1. The van der Waals surface area contributed by atoms with Crippen molar-refractivity contribution in [2.24, 2.45) is 0 Å². The van der Waals surface area contributed by atoms with Gasteiger partial charge in [0.2, 0.25) is 0 Å². The van der Waals surface area contributed by atoms with E-state index in [1.54, 1.807) is 48.3 Å². The molecule has 0 bridgehead atoms. The van der Waals surface area contributed by atoms with Crippen LogP contribution in [0.1, 0.15) is 15.9 Å². The van der Waals surface area contributed by atoms with Crippen LogP contribution in [-0.4, -0.2) is 42.5 Å². The summed E-state index contributed by atoms with van der Waals surface area (Å²) in [6.07, 6.45) is 1.63. The normalized spacial score (nSPS) is 10.5. The number of hydrogen-bond acceptors (Lipinski definition) is 6. The van der Waals surface area contributed by atoms with Crippen LogP contribution >= 0.6 is 0 Å². The van der Waals surface area contributed by atoms with E-state index in [9.17, 15) is 9.59 Å². The molecule has 0 unspecified atom stereocenters. The molecular formula is C27H25N3O5. The molecule has 4 rings (SSSR count). The molecule has 8 heteroatoms. The Kier molecular flexibility index (Phi) is 7.42. The van der Waals surface area contributed by atoms with Crippen LogP contribution in [-0.2, 0) is 16.1 Å². The minimum absolute atomic E-state index is 0.249. The maximum atomic E-state index is 13.0. The summed E-state index contributed by atoms with van der Waals surface area (Å²) in [6.45, 7) is 0.0116. The molecule has 0 aliphatic heterocycles. The van der Waals surface area contributed by atoms with Crippen molar-refractivity contribution in [3.63, 3.8) is 0 Å². The smallest absolute Gasteiger partial charge is 0.342 e. The third kappa shape index (κ3) is 5.86. The van der Waals surface area contributed by atoms with Crippen molar-refractivity contribution in [2.45, 2.75) is 6.54 Å². The van der Waals surface area contributed by atoms with Crippen LogP contribution in [0.5, 0.6) is 11.5 Å². The first-order valence-corrected chi connectivity index (χ1v) is 10.9. The van der Waals surface area contributed by atoms with Crippen LogP contribution in [0.15, 0.2) is 85.1 Å². The van der Waals surface area contributed by atoms with Gasteiger partial charge in [-0.1, -0.05) is 54.6 Å². The zero-order chi connectivity index (χ0) is 24.6. The number of carbonyl (C=O) groups is 2. The maximum Gasteiger partial charge on any atom is 0.342 e. The summed E-state index contributed by atoms with van der Waals surface area (Å²) < 4.78 is 17.6. The largest absolute Gasteiger partial charge is 0.497 e. The minimum atomic E-state index is -0.655. The highest BCUT2D eigenvalue weighted by Crippen LogP contribution is 2.27. The molecule has 0 aliphatic rings. The van der Waals surface area contributed by atoms with Gasteiger partial charge in [-0.3, -0.25) is 9.48 Å². The average Bonchev–Trinajstić information content (AvgIpc) is 3.32. The molecule has 4 aromatic rings. The van der Waals surface area contributed by atoms with Gasteiger partial charge in [0.15, 0.2) is 6.61 Å². The fraction of sp³-hybridized carbons (Fsp3) is 0.148. The number of benzene rings is 3. The predicted octanol–water partition coefficient (Wildman–Crippen LogP) is 4.41. The Hall–Kier alpha value is -4.59. The van der Waals surface area contributed by atoms with Crippen molar-refractivity contribution in [2.75, 3.05) is 26.1 Å². The van der Waals surface area contributed by atoms with Gasteiger partial charge in [0.05, 0.1) is 26.5 Å². The van der Waals surface area contributed by atoms with E-state index in [0.717, 1.165) is 5.56 Å². The Morgan fingerprint density at radius 1 is 0.914 bits per heavy atom. The number of carbonyl (C=O) groups excluding carboxylic acids is 2. The second-order valence-corrected chi connectivity index (χ2v) is 7.63. The molecule has 1 heterocycles. The van der Waals surface area contributed by atoms with Crippen molar-refractivity contribution < 1.29 is 23.8 Å². The summed E-state index contributed by atoms with van der Waals surface area (Å²) in [5.74, 6) is 0.00468. The van der Waals surface area contributed by atoms with E-state index in [0.29, 0.717) is 35.0 Å². The Bertz CT molecular complexity index is 1320. The van der Waals surface area contributed by atoms with Gasteiger partial charge in [0, 0.05) is 11.8 Å². The number of nitrogens with zero attached hydrogens (tertiary/aromatic N) is 2. The van der Waals surface area contributed by atoms with Gasteiger partial charge in [-0.15, -0.1) is 0 Å². The molecule has 0 spiro atoms. The number of esters is 1. The van der Waals surface area contributed by atoms with Gasteiger partial charge < -0.3 is 19.5 Å². The first-order chi connectivity index (χ1) is 17.1. The summed E-state index contributed by atoms with van der Waals surface area (Å²) in [5.41, 5.74) is 2.91. The minimum Gasteiger partial charge on any atom is -0.497 e. The van der Waals surface area contributed by atoms with Crippen LogP contribution in [0.3, 0.4) is 0 Å². The molecule has 1 amide bonds. The third-order valence-corrected chi connectivity index (χ3v) is 5.23.